The van der Waals surface area contributed by atoms with E-state index in [4.69, 9.17) is 0 Å². The van der Waals surface area contributed by atoms with Gasteiger partial charge in [0.1, 0.15) is 0 Å². The Kier molecular flexibility index (Phi) is 8.41. The molecule has 0 aromatic carbocycles. The number of allylic oxidation sites excluding steroid dienone is 4. The maximum Gasteiger partial charge on any atom is 0.0707 e. The van der Waals surface area contributed by atoms with E-state index in [1.807, 2.05) is 5.20 Å². The fraction of sp³-hybridized carbons (Fsp3) is 0.765. The van der Waals surface area contributed by atoms with Crippen molar-refractivity contribution in [1.29, 1.82) is 0 Å². The zero-order valence-electron chi connectivity index (χ0n) is 12.8. The van der Waals surface area contributed by atoms with Crippen LogP contribution in [0.1, 0.15) is 72.1 Å². The maximum atomic E-state index is 2.58. The minimum absolute atomic E-state index is 0.629. The van der Waals surface area contributed by atoms with Gasteiger partial charge in [0.15, 0.2) is 0 Å². The van der Waals surface area contributed by atoms with Crippen LogP contribution in [-0.4, -0.2) is 8.80 Å². The van der Waals surface area contributed by atoms with Crippen molar-refractivity contribution >= 4 is 8.80 Å². The molecule has 0 fully saturated rings. The van der Waals surface area contributed by atoms with Gasteiger partial charge in [-0.25, -0.2) is 0 Å². The lowest BCUT2D eigenvalue weighted by atomic mass is 10.1. The summed E-state index contributed by atoms with van der Waals surface area (Å²) in [6.07, 6.45) is 16.1. The fourth-order valence-corrected chi connectivity index (χ4v) is 6.94. The molecule has 1 aliphatic carbocycles. The van der Waals surface area contributed by atoms with Crippen LogP contribution in [0.4, 0.5) is 0 Å². The molecule has 1 heteroatoms. The van der Waals surface area contributed by atoms with Gasteiger partial charge in [0, 0.05) is 0 Å². The Hall–Kier alpha value is -0.303. The van der Waals surface area contributed by atoms with Crippen molar-refractivity contribution in [3.8, 4) is 0 Å². The first-order chi connectivity index (χ1) is 8.83. The van der Waals surface area contributed by atoms with Gasteiger partial charge in [-0.05, 0) is 19.3 Å². The standard InChI is InChI=1S/C17H32Si/c1-4-7-11-16-12-10-13-17(16)18(14-8-5-2)15-9-6-3/h12-13,18H,4-11,14-15H2,1-3H3. The van der Waals surface area contributed by atoms with E-state index in [9.17, 15) is 0 Å². The first-order valence-corrected chi connectivity index (χ1v) is 10.4. The summed E-state index contributed by atoms with van der Waals surface area (Å²) in [5.41, 5.74) is 1.75. The smallest absolute Gasteiger partial charge is 0.0707 e. The van der Waals surface area contributed by atoms with E-state index in [0.717, 1.165) is 0 Å². The van der Waals surface area contributed by atoms with Gasteiger partial charge in [0.05, 0.1) is 8.80 Å². The Bertz CT molecular complexity index is 267. The quantitative estimate of drug-likeness (QED) is 0.437. The Labute approximate surface area is 116 Å². The van der Waals surface area contributed by atoms with Gasteiger partial charge < -0.3 is 0 Å². The normalized spacial score (nSPS) is 15.1. The molecule has 0 aromatic heterocycles. The van der Waals surface area contributed by atoms with E-state index < -0.39 is 8.80 Å². The molecule has 0 amide bonds. The molecule has 18 heavy (non-hydrogen) atoms. The molecule has 0 N–H and O–H groups in total. The van der Waals surface area contributed by atoms with Gasteiger partial charge in [-0.2, -0.15) is 0 Å². The van der Waals surface area contributed by atoms with Crippen LogP contribution in [0.2, 0.25) is 12.1 Å². The summed E-state index contributed by atoms with van der Waals surface area (Å²) in [5.74, 6) is 0. The second-order valence-corrected chi connectivity index (χ2v) is 8.88. The SMILES string of the molecule is CCCCC1=CCC=C1[SiH](CCCC)CCCC. The van der Waals surface area contributed by atoms with E-state index in [0.29, 0.717) is 0 Å². The molecule has 0 atom stereocenters. The summed E-state index contributed by atoms with van der Waals surface area (Å²) in [6.45, 7) is 6.98. The summed E-state index contributed by atoms with van der Waals surface area (Å²) >= 11 is 0. The Morgan fingerprint density at radius 3 is 2.06 bits per heavy atom. The van der Waals surface area contributed by atoms with Crippen LogP contribution in [-0.2, 0) is 0 Å². The van der Waals surface area contributed by atoms with E-state index in [-0.39, 0.29) is 0 Å². The highest BCUT2D eigenvalue weighted by Gasteiger charge is 2.20. The van der Waals surface area contributed by atoms with Crippen LogP contribution in [0.5, 0.6) is 0 Å². The summed E-state index contributed by atoms with van der Waals surface area (Å²) in [4.78, 5) is 0. The van der Waals surface area contributed by atoms with Gasteiger partial charge >= 0.3 is 0 Å². The molecule has 104 valence electrons. The Morgan fingerprint density at radius 2 is 1.50 bits per heavy atom. The third kappa shape index (κ3) is 5.13. The summed E-state index contributed by atoms with van der Waals surface area (Å²) in [7, 11) is -0.629. The van der Waals surface area contributed by atoms with Crippen molar-refractivity contribution in [2.75, 3.05) is 0 Å². The zero-order valence-corrected chi connectivity index (χ0v) is 14.0. The summed E-state index contributed by atoms with van der Waals surface area (Å²) in [5, 5.41) is 1.87. The highest BCUT2D eigenvalue weighted by atomic mass is 28.3. The van der Waals surface area contributed by atoms with Gasteiger partial charge in [0.25, 0.3) is 0 Å². The van der Waals surface area contributed by atoms with E-state index in [2.05, 4.69) is 32.9 Å². The van der Waals surface area contributed by atoms with Crippen LogP contribution < -0.4 is 0 Å². The monoisotopic (exact) mass is 264 g/mol. The number of unbranched alkanes of at least 4 members (excludes halogenated alkanes) is 3. The molecular formula is C17H32Si. The second-order valence-electron chi connectivity index (χ2n) is 5.71. The topological polar surface area (TPSA) is 0 Å². The minimum Gasteiger partial charge on any atom is -0.0815 e. The molecule has 0 aliphatic heterocycles. The molecule has 0 nitrogen and oxygen atoms in total. The molecule has 0 heterocycles. The van der Waals surface area contributed by atoms with Crippen LogP contribution in [0.3, 0.4) is 0 Å². The molecule has 0 saturated carbocycles. The van der Waals surface area contributed by atoms with Gasteiger partial charge in [-0.3, -0.25) is 0 Å². The van der Waals surface area contributed by atoms with E-state index >= 15 is 0 Å². The maximum absolute atomic E-state index is 2.58. The lowest BCUT2D eigenvalue weighted by molar-refractivity contribution is 0.794. The van der Waals surface area contributed by atoms with Gasteiger partial charge in [-0.1, -0.05) is 87.9 Å². The van der Waals surface area contributed by atoms with Crippen molar-refractivity contribution in [2.45, 2.75) is 84.2 Å². The van der Waals surface area contributed by atoms with E-state index in [1.54, 1.807) is 17.7 Å². The highest BCUT2D eigenvalue weighted by Crippen LogP contribution is 2.30. The Morgan fingerprint density at radius 1 is 0.889 bits per heavy atom. The lowest BCUT2D eigenvalue weighted by Crippen LogP contribution is -2.17. The van der Waals surface area contributed by atoms with Crippen LogP contribution in [0, 0.1) is 0 Å². The van der Waals surface area contributed by atoms with Crippen molar-refractivity contribution in [3.05, 3.63) is 22.9 Å². The Balaban J connectivity index is 2.56. The predicted octanol–water partition coefficient (Wildman–Crippen LogP) is 5.80. The third-order valence-corrected chi connectivity index (χ3v) is 7.82. The molecule has 0 aromatic rings. The van der Waals surface area contributed by atoms with Crippen molar-refractivity contribution in [1.82, 2.24) is 0 Å². The fourth-order valence-electron chi connectivity index (χ4n) is 2.98. The molecule has 1 aliphatic rings. The minimum atomic E-state index is -0.629. The highest BCUT2D eigenvalue weighted by molar-refractivity contribution is 6.68. The van der Waals surface area contributed by atoms with E-state index in [1.165, 1.54) is 51.4 Å². The summed E-state index contributed by atoms with van der Waals surface area (Å²) < 4.78 is 0. The second kappa shape index (κ2) is 9.60. The van der Waals surface area contributed by atoms with Crippen molar-refractivity contribution < 1.29 is 0 Å². The van der Waals surface area contributed by atoms with Crippen LogP contribution >= 0.6 is 0 Å². The number of hydrogen-bond acceptors (Lipinski definition) is 0. The lowest BCUT2D eigenvalue weighted by Gasteiger charge is -2.19. The first-order valence-electron chi connectivity index (χ1n) is 8.22. The molecule has 0 radical (unpaired) electrons. The molecule has 0 unspecified atom stereocenters. The zero-order chi connectivity index (χ0) is 13.2. The van der Waals surface area contributed by atoms with Crippen LogP contribution in [0.25, 0.3) is 0 Å². The van der Waals surface area contributed by atoms with Gasteiger partial charge in [0.2, 0.25) is 0 Å². The largest absolute Gasteiger partial charge is 0.0815 e. The molecular weight excluding hydrogens is 232 g/mol. The average molecular weight is 265 g/mol. The van der Waals surface area contributed by atoms with Crippen molar-refractivity contribution in [3.63, 3.8) is 0 Å². The summed E-state index contributed by atoms with van der Waals surface area (Å²) in [6, 6.07) is 3.09. The molecule has 0 spiro atoms. The van der Waals surface area contributed by atoms with Crippen molar-refractivity contribution in [2.24, 2.45) is 0 Å². The molecule has 0 bridgehead atoms. The first kappa shape index (κ1) is 15.8. The number of rotatable bonds is 10. The average Bonchev–Trinajstić information content (AvgIpc) is 2.85. The molecule has 0 saturated heterocycles. The van der Waals surface area contributed by atoms with Crippen LogP contribution in [0.15, 0.2) is 22.9 Å². The number of hydrogen-bond donors (Lipinski definition) is 0. The molecule has 1 rings (SSSR count). The third-order valence-electron chi connectivity index (χ3n) is 4.12. The predicted molar refractivity (Wildman–Crippen MR) is 86.9 cm³/mol. The van der Waals surface area contributed by atoms with Gasteiger partial charge in [-0.15, -0.1) is 0 Å².